The van der Waals surface area contributed by atoms with E-state index in [9.17, 15) is 4.79 Å². The van der Waals surface area contributed by atoms with E-state index in [2.05, 4.69) is 59.6 Å². The van der Waals surface area contributed by atoms with Gasteiger partial charge in [-0.3, -0.25) is 4.79 Å². The number of thiazole rings is 1. The Kier molecular flexibility index (Phi) is 7.36. The van der Waals surface area contributed by atoms with Gasteiger partial charge in [-0.25, -0.2) is 14.3 Å². The Hall–Kier alpha value is -3.86. The van der Waals surface area contributed by atoms with Gasteiger partial charge in [0.05, 0.1) is 29.1 Å². The van der Waals surface area contributed by atoms with Crippen molar-refractivity contribution in [2.45, 2.75) is 63.8 Å². The van der Waals surface area contributed by atoms with Crippen molar-refractivity contribution in [2.75, 3.05) is 6.61 Å². The average molecular weight is 609 g/mol. The van der Waals surface area contributed by atoms with E-state index in [1.807, 2.05) is 53.5 Å². The molecule has 1 unspecified atom stereocenters. The lowest BCUT2D eigenvalue weighted by atomic mass is 9.96. The molecular formula is C33H36N6O2SSi. The Labute approximate surface area is 255 Å². The lowest BCUT2D eigenvalue weighted by Gasteiger charge is -2.15. The molecule has 2 aromatic carbocycles. The number of hydrogen-bond acceptors (Lipinski definition) is 6. The highest BCUT2D eigenvalue weighted by Gasteiger charge is 2.33. The zero-order valence-corrected chi connectivity index (χ0v) is 26.6. The zero-order valence-electron chi connectivity index (χ0n) is 24.8. The van der Waals surface area contributed by atoms with Crippen LogP contribution in [0.1, 0.15) is 46.6 Å². The van der Waals surface area contributed by atoms with Crippen LogP contribution in [0, 0.1) is 0 Å². The first-order valence-electron chi connectivity index (χ1n) is 15.0. The maximum atomic E-state index is 13.8. The number of rotatable bonds is 11. The third-order valence-corrected chi connectivity index (χ3v) is 10.8. The summed E-state index contributed by atoms with van der Waals surface area (Å²) in [7, 11) is -1.15. The van der Waals surface area contributed by atoms with E-state index in [0.29, 0.717) is 18.8 Å². The van der Waals surface area contributed by atoms with Gasteiger partial charge in [0.2, 0.25) is 0 Å². The Morgan fingerprint density at radius 1 is 1.02 bits per heavy atom. The molecular weight excluding hydrogens is 573 g/mol. The van der Waals surface area contributed by atoms with Gasteiger partial charge >= 0.3 is 0 Å². The first-order valence-corrected chi connectivity index (χ1v) is 19.5. The second-order valence-corrected chi connectivity index (χ2v) is 19.3. The predicted molar refractivity (Wildman–Crippen MR) is 175 cm³/mol. The number of fused-ring (bicyclic) bond motifs is 3. The van der Waals surface area contributed by atoms with E-state index in [0.717, 1.165) is 63.1 Å². The molecule has 6 aromatic rings. The monoisotopic (exact) mass is 608 g/mol. The van der Waals surface area contributed by atoms with Gasteiger partial charge in [-0.05, 0) is 36.1 Å². The first-order chi connectivity index (χ1) is 20.9. The van der Waals surface area contributed by atoms with Gasteiger partial charge in [-0.2, -0.15) is 10.2 Å². The second-order valence-electron chi connectivity index (χ2n) is 12.6. The summed E-state index contributed by atoms with van der Waals surface area (Å²) < 4.78 is 12.6. The second kappa shape index (κ2) is 11.3. The van der Waals surface area contributed by atoms with Crippen LogP contribution in [0.5, 0.6) is 0 Å². The topological polar surface area (TPSA) is 79.8 Å². The van der Waals surface area contributed by atoms with Crippen LogP contribution in [-0.4, -0.2) is 43.8 Å². The summed E-state index contributed by atoms with van der Waals surface area (Å²) in [5.74, 6) is -0.129. The number of hydrogen-bond donors (Lipinski definition) is 0. The highest BCUT2D eigenvalue weighted by molar-refractivity contribution is 7.19. The van der Waals surface area contributed by atoms with Crippen molar-refractivity contribution in [3.63, 3.8) is 0 Å². The van der Waals surface area contributed by atoms with E-state index < -0.39 is 8.07 Å². The third-order valence-electron chi connectivity index (χ3n) is 8.00. The molecule has 0 N–H and O–H groups in total. The van der Waals surface area contributed by atoms with Gasteiger partial charge in [0.1, 0.15) is 17.3 Å². The molecule has 8 nitrogen and oxygen atoms in total. The van der Waals surface area contributed by atoms with Crippen molar-refractivity contribution in [1.29, 1.82) is 0 Å². The van der Waals surface area contributed by atoms with Gasteiger partial charge in [0, 0.05) is 32.3 Å². The van der Waals surface area contributed by atoms with Gasteiger partial charge in [0.15, 0.2) is 5.65 Å². The summed E-state index contributed by atoms with van der Waals surface area (Å²) in [6, 6.07) is 23.9. The fraction of sp³-hybridized carbons (Fsp3) is 0.333. The van der Waals surface area contributed by atoms with Crippen LogP contribution >= 0.6 is 11.3 Å². The summed E-state index contributed by atoms with van der Waals surface area (Å²) in [5, 5.41) is 11.4. The fourth-order valence-electron chi connectivity index (χ4n) is 5.56. The molecule has 1 aliphatic rings. The van der Waals surface area contributed by atoms with Gasteiger partial charge in [0.25, 0.3) is 5.56 Å². The molecule has 4 heterocycles. The van der Waals surface area contributed by atoms with Crippen LogP contribution in [0.4, 0.5) is 0 Å². The quantitative estimate of drug-likeness (QED) is 0.118. The van der Waals surface area contributed by atoms with Crippen LogP contribution in [0.2, 0.25) is 25.7 Å². The van der Waals surface area contributed by atoms with Crippen molar-refractivity contribution in [2.24, 2.45) is 0 Å². The molecule has 0 radical (unpaired) electrons. The Morgan fingerprint density at radius 3 is 2.49 bits per heavy atom. The minimum absolute atomic E-state index is 0.0625. The van der Waals surface area contributed by atoms with Crippen LogP contribution in [-0.2, 0) is 18.0 Å². The molecule has 0 saturated heterocycles. The molecule has 43 heavy (non-hydrogen) atoms. The molecule has 1 saturated carbocycles. The van der Waals surface area contributed by atoms with E-state index in [4.69, 9.17) is 14.8 Å². The molecule has 1 fully saturated rings. The minimum atomic E-state index is -1.15. The maximum Gasteiger partial charge on any atom is 0.291 e. The lowest BCUT2D eigenvalue weighted by molar-refractivity contribution is 0.0783. The normalized spacial score (nSPS) is 14.6. The molecule has 4 aromatic heterocycles. The number of nitrogens with zero attached hydrogens (tertiary/aromatic N) is 6. The molecule has 0 amide bonds. The Balaban J connectivity index is 1.27. The number of aromatic nitrogens is 6. The predicted octanol–water partition coefficient (Wildman–Crippen LogP) is 6.88. The van der Waals surface area contributed by atoms with Crippen molar-refractivity contribution >= 4 is 40.7 Å². The van der Waals surface area contributed by atoms with Crippen molar-refractivity contribution in [1.82, 2.24) is 29.1 Å². The summed E-state index contributed by atoms with van der Waals surface area (Å²) in [4.78, 5) is 19.1. The maximum absolute atomic E-state index is 13.8. The smallest absolute Gasteiger partial charge is 0.291 e. The molecule has 220 valence electrons. The number of ether oxygens (including phenoxy) is 1. The van der Waals surface area contributed by atoms with Crippen LogP contribution in [0.3, 0.4) is 0 Å². The lowest BCUT2D eigenvalue weighted by Crippen LogP contribution is -2.24. The minimum Gasteiger partial charge on any atom is -0.360 e. The van der Waals surface area contributed by atoms with Crippen LogP contribution < -0.4 is 5.56 Å². The van der Waals surface area contributed by atoms with Gasteiger partial charge < -0.3 is 9.30 Å². The van der Waals surface area contributed by atoms with Crippen molar-refractivity contribution in [3.8, 4) is 0 Å². The first kappa shape index (κ1) is 27.9. The standard InChI is InChI=1S/C33H36N6O2SSi/c1-43(2,3)19-18-41-22-37-17-16-27(36-37)28(24-12-8-5-9-13-24)32-35-31-30(42-32)26-20-34-38(21-23-10-6-4-7-11-23)33(40)29(26)39(31)25-14-15-25/h4-13,16-17,20,25,28H,14-15,18-19,21-22H2,1-3H3. The molecule has 1 atom stereocenters. The summed E-state index contributed by atoms with van der Waals surface area (Å²) in [6.07, 6.45) is 5.95. The van der Waals surface area contributed by atoms with Crippen LogP contribution in [0.25, 0.3) is 21.3 Å². The van der Waals surface area contributed by atoms with E-state index in [-0.39, 0.29) is 17.5 Å². The van der Waals surface area contributed by atoms with Gasteiger partial charge in [-0.15, -0.1) is 11.3 Å². The highest BCUT2D eigenvalue weighted by Crippen LogP contribution is 2.45. The SMILES string of the molecule is C[Si](C)(C)CCOCn1ccc(C(c2ccccc2)c2nc3c(s2)c2cnn(Cc4ccccc4)c(=O)c2n3C2CC2)n1. The zero-order chi connectivity index (χ0) is 29.6. The van der Waals surface area contributed by atoms with E-state index >= 15 is 0 Å². The molecule has 0 spiro atoms. The summed E-state index contributed by atoms with van der Waals surface area (Å²) in [5.41, 5.74) is 4.65. The molecule has 0 aliphatic heterocycles. The van der Waals surface area contributed by atoms with Crippen molar-refractivity contribution < 1.29 is 4.74 Å². The molecule has 7 rings (SSSR count). The van der Waals surface area contributed by atoms with E-state index in [1.54, 1.807) is 16.0 Å². The van der Waals surface area contributed by atoms with Crippen molar-refractivity contribution in [3.05, 3.63) is 111 Å². The van der Waals surface area contributed by atoms with Gasteiger partial charge in [-0.1, -0.05) is 80.3 Å². The summed E-state index contributed by atoms with van der Waals surface area (Å²) >= 11 is 1.65. The fourth-order valence-corrected chi connectivity index (χ4v) is 7.52. The van der Waals surface area contributed by atoms with E-state index in [1.165, 1.54) is 0 Å². The summed E-state index contributed by atoms with van der Waals surface area (Å²) in [6.45, 7) is 8.71. The Morgan fingerprint density at radius 2 is 1.77 bits per heavy atom. The molecule has 0 bridgehead atoms. The average Bonchev–Trinajstić information content (AvgIpc) is 3.44. The molecule has 10 heteroatoms. The Bertz CT molecular complexity index is 1930. The molecule has 1 aliphatic carbocycles. The van der Waals surface area contributed by atoms with Crippen LogP contribution in [0.15, 0.2) is 83.9 Å². The number of benzene rings is 2. The third kappa shape index (κ3) is 5.74. The largest absolute Gasteiger partial charge is 0.360 e. The highest BCUT2D eigenvalue weighted by atomic mass is 32.1.